The average molecular weight is 348 g/mol. The van der Waals surface area contributed by atoms with E-state index in [2.05, 4.69) is 15.6 Å². The van der Waals surface area contributed by atoms with Crippen molar-refractivity contribution in [1.82, 2.24) is 14.7 Å². The lowest BCUT2D eigenvalue weighted by Crippen LogP contribution is -2.48. The van der Waals surface area contributed by atoms with Crippen molar-refractivity contribution in [2.75, 3.05) is 5.32 Å². The Morgan fingerprint density at radius 1 is 1.19 bits per heavy atom. The summed E-state index contributed by atoms with van der Waals surface area (Å²) in [7, 11) is 0. The van der Waals surface area contributed by atoms with Crippen molar-refractivity contribution in [3.8, 4) is 11.3 Å². The summed E-state index contributed by atoms with van der Waals surface area (Å²) >= 11 is 0. The number of carbonyl (C=O) groups is 2. The first kappa shape index (κ1) is 16.3. The van der Waals surface area contributed by atoms with Crippen LogP contribution in [-0.4, -0.2) is 27.2 Å². The topological polar surface area (TPSA) is 75.5 Å². The second-order valence-corrected chi connectivity index (χ2v) is 6.76. The van der Waals surface area contributed by atoms with Gasteiger partial charge >= 0.3 is 0 Å². The van der Waals surface area contributed by atoms with Gasteiger partial charge in [0.1, 0.15) is 23.2 Å². The largest absolute Gasteiger partial charge is 0.344 e. The highest BCUT2D eigenvalue weighted by Gasteiger charge is 2.30. The lowest BCUT2D eigenvalue weighted by molar-refractivity contribution is -0.129. The van der Waals surface area contributed by atoms with Gasteiger partial charge in [0.25, 0.3) is 0 Å². The third-order valence-electron chi connectivity index (χ3n) is 4.64. The number of imidazole rings is 1. The van der Waals surface area contributed by atoms with E-state index in [1.807, 2.05) is 66.1 Å². The van der Waals surface area contributed by atoms with Gasteiger partial charge in [-0.25, -0.2) is 4.98 Å². The third-order valence-corrected chi connectivity index (χ3v) is 4.64. The summed E-state index contributed by atoms with van der Waals surface area (Å²) in [4.78, 5) is 29.3. The van der Waals surface area contributed by atoms with Crippen LogP contribution in [0.3, 0.4) is 0 Å². The zero-order valence-corrected chi connectivity index (χ0v) is 14.5. The molecule has 1 aliphatic heterocycles. The maximum absolute atomic E-state index is 12.8. The molecule has 4 rings (SSSR count). The highest BCUT2D eigenvalue weighted by molar-refractivity contribution is 6.00. The van der Waals surface area contributed by atoms with Crippen molar-refractivity contribution in [2.24, 2.45) is 5.92 Å². The normalized spacial score (nSPS) is 20.0. The summed E-state index contributed by atoms with van der Waals surface area (Å²) in [6.45, 7) is 1.99. The van der Waals surface area contributed by atoms with Crippen LogP contribution in [0.15, 0.2) is 54.7 Å². The molecule has 0 aliphatic carbocycles. The summed E-state index contributed by atoms with van der Waals surface area (Å²) in [6, 6.07) is 14.9. The highest BCUT2D eigenvalue weighted by Crippen LogP contribution is 2.29. The van der Waals surface area contributed by atoms with Crippen LogP contribution in [0.2, 0.25) is 0 Å². The molecule has 26 heavy (non-hydrogen) atoms. The van der Waals surface area contributed by atoms with E-state index in [1.165, 1.54) is 0 Å². The molecule has 2 atom stereocenters. The smallest absolute Gasteiger partial charge is 0.248 e. The second kappa shape index (κ2) is 6.63. The number of piperidine rings is 1. The molecule has 1 aliphatic rings. The molecular weight excluding hydrogens is 328 g/mol. The summed E-state index contributed by atoms with van der Waals surface area (Å²) in [5.41, 5.74) is 2.38. The molecule has 0 unspecified atom stereocenters. The molecular formula is C20H20N4O2. The van der Waals surface area contributed by atoms with Gasteiger partial charge in [0.2, 0.25) is 11.8 Å². The van der Waals surface area contributed by atoms with Crippen molar-refractivity contribution < 1.29 is 9.59 Å². The minimum Gasteiger partial charge on any atom is -0.344 e. The van der Waals surface area contributed by atoms with Gasteiger partial charge in [-0.2, -0.15) is 0 Å². The van der Waals surface area contributed by atoms with E-state index < -0.39 is 6.04 Å². The summed E-state index contributed by atoms with van der Waals surface area (Å²) in [5.74, 6) is 0.512. The molecule has 0 bridgehead atoms. The number of nitrogens with one attached hydrogen (secondary N) is 2. The molecule has 1 saturated heterocycles. The Labute approximate surface area is 151 Å². The van der Waals surface area contributed by atoms with Crippen LogP contribution in [0.4, 0.5) is 5.82 Å². The van der Waals surface area contributed by atoms with E-state index in [4.69, 9.17) is 0 Å². The molecule has 0 radical (unpaired) electrons. The summed E-state index contributed by atoms with van der Waals surface area (Å²) in [6.07, 6.45) is 2.97. The first-order valence-electron chi connectivity index (χ1n) is 8.74. The lowest BCUT2D eigenvalue weighted by atomic mass is 9.93. The molecule has 2 N–H and O–H groups in total. The molecule has 3 aromatic rings. The number of nitrogens with zero attached hydrogens (tertiary/aromatic N) is 2. The molecule has 1 fully saturated rings. The number of anilines is 1. The molecule has 132 valence electrons. The summed E-state index contributed by atoms with van der Waals surface area (Å²) < 4.78 is 1.86. The van der Waals surface area contributed by atoms with Gasteiger partial charge < -0.3 is 10.6 Å². The van der Waals surface area contributed by atoms with Crippen molar-refractivity contribution in [3.63, 3.8) is 0 Å². The molecule has 2 amide bonds. The van der Waals surface area contributed by atoms with E-state index in [1.54, 1.807) is 0 Å². The Bertz CT molecular complexity index is 964. The monoisotopic (exact) mass is 348 g/mol. The Morgan fingerprint density at radius 2 is 1.96 bits per heavy atom. The van der Waals surface area contributed by atoms with Crippen LogP contribution >= 0.6 is 0 Å². The van der Waals surface area contributed by atoms with Crippen LogP contribution in [0.25, 0.3) is 16.9 Å². The van der Waals surface area contributed by atoms with E-state index in [-0.39, 0.29) is 17.7 Å². The van der Waals surface area contributed by atoms with Crippen molar-refractivity contribution in [1.29, 1.82) is 0 Å². The highest BCUT2D eigenvalue weighted by atomic mass is 16.2. The maximum atomic E-state index is 12.8. The average Bonchev–Trinajstić information content (AvgIpc) is 3.00. The zero-order chi connectivity index (χ0) is 18.1. The molecule has 6 nitrogen and oxygen atoms in total. The number of rotatable bonds is 3. The minimum absolute atomic E-state index is 0.0784. The Morgan fingerprint density at radius 3 is 2.73 bits per heavy atom. The quantitative estimate of drug-likeness (QED) is 0.764. The fourth-order valence-corrected chi connectivity index (χ4v) is 3.40. The predicted molar refractivity (Wildman–Crippen MR) is 99.6 cm³/mol. The molecule has 0 saturated carbocycles. The third kappa shape index (κ3) is 3.06. The van der Waals surface area contributed by atoms with Crippen LogP contribution in [0.5, 0.6) is 0 Å². The van der Waals surface area contributed by atoms with Gasteiger partial charge in [-0.05, 0) is 24.5 Å². The lowest BCUT2D eigenvalue weighted by Gasteiger charge is -2.26. The standard InChI is InChI=1S/C20H20N4O2/c1-13-11-15(21-17(25)12-13)20(26)23-19-18(14-7-3-2-4-8-14)22-16-9-5-6-10-24(16)19/h2-10,13,15H,11-12H2,1H3,(H,21,25)(H,23,26)/t13-,15-/m0/s1. The molecule has 0 spiro atoms. The molecule has 2 aromatic heterocycles. The fourth-order valence-electron chi connectivity index (χ4n) is 3.40. The van der Waals surface area contributed by atoms with E-state index in [0.29, 0.717) is 24.4 Å². The second-order valence-electron chi connectivity index (χ2n) is 6.76. The van der Waals surface area contributed by atoms with E-state index >= 15 is 0 Å². The number of fused-ring (bicyclic) bond motifs is 1. The predicted octanol–water partition coefficient (Wildman–Crippen LogP) is 2.85. The SMILES string of the molecule is C[C@@H]1CC(=O)N[C@H](C(=O)Nc2c(-c3ccccc3)nc3ccccn23)C1. The Hall–Kier alpha value is -3.15. The van der Waals surface area contributed by atoms with Gasteiger partial charge in [0, 0.05) is 18.2 Å². The van der Waals surface area contributed by atoms with Crippen molar-refractivity contribution >= 4 is 23.3 Å². The van der Waals surface area contributed by atoms with Crippen LogP contribution < -0.4 is 10.6 Å². The number of pyridine rings is 1. The van der Waals surface area contributed by atoms with Gasteiger partial charge in [0.05, 0.1) is 0 Å². The maximum Gasteiger partial charge on any atom is 0.248 e. The molecule has 6 heteroatoms. The van der Waals surface area contributed by atoms with E-state index in [0.717, 1.165) is 11.2 Å². The fraction of sp³-hybridized carbons (Fsp3) is 0.250. The van der Waals surface area contributed by atoms with Gasteiger partial charge in [-0.15, -0.1) is 0 Å². The van der Waals surface area contributed by atoms with Crippen LogP contribution in [0.1, 0.15) is 19.8 Å². The number of amides is 2. The van der Waals surface area contributed by atoms with E-state index in [9.17, 15) is 9.59 Å². The number of hydrogen-bond donors (Lipinski definition) is 2. The van der Waals surface area contributed by atoms with Crippen LogP contribution in [0, 0.1) is 5.92 Å². The van der Waals surface area contributed by atoms with Gasteiger partial charge in [0.15, 0.2) is 0 Å². The number of carbonyl (C=O) groups excluding carboxylic acids is 2. The molecule has 1 aromatic carbocycles. The van der Waals surface area contributed by atoms with Gasteiger partial charge in [-0.1, -0.05) is 43.3 Å². The van der Waals surface area contributed by atoms with Gasteiger partial charge in [-0.3, -0.25) is 14.0 Å². The first-order chi connectivity index (χ1) is 12.6. The number of aromatic nitrogens is 2. The Balaban J connectivity index is 1.71. The summed E-state index contributed by atoms with van der Waals surface area (Å²) in [5, 5.41) is 5.78. The van der Waals surface area contributed by atoms with Crippen LogP contribution in [-0.2, 0) is 9.59 Å². The Kier molecular flexibility index (Phi) is 4.16. The first-order valence-corrected chi connectivity index (χ1v) is 8.74. The minimum atomic E-state index is -0.524. The zero-order valence-electron chi connectivity index (χ0n) is 14.5. The number of benzene rings is 1. The number of hydrogen-bond acceptors (Lipinski definition) is 3. The van der Waals surface area contributed by atoms with Crippen molar-refractivity contribution in [3.05, 3.63) is 54.7 Å². The molecule has 3 heterocycles. The van der Waals surface area contributed by atoms with Crippen molar-refractivity contribution in [2.45, 2.75) is 25.8 Å².